The Balaban J connectivity index is 2.44. The van der Waals surface area contributed by atoms with Crippen molar-refractivity contribution in [3.05, 3.63) is 41.5 Å². The molecular formula is C20H28N2O4. The molecule has 1 aromatic rings. The minimum atomic E-state index is -0.356. The monoisotopic (exact) mass is 360 g/mol. The van der Waals surface area contributed by atoms with Gasteiger partial charge in [-0.3, -0.25) is 14.4 Å². The van der Waals surface area contributed by atoms with E-state index in [-0.39, 0.29) is 30.7 Å². The number of rotatable bonds is 10. The van der Waals surface area contributed by atoms with E-state index in [4.69, 9.17) is 0 Å². The van der Waals surface area contributed by atoms with E-state index in [0.29, 0.717) is 12.0 Å². The van der Waals surface area contributed by atoms with Crippen LogP contribution in [0.5, 0.6) is 0 Å². The smallest absolute Gasteiger partial charge is 0.307 e. The lowest BCUT2D eigenvalue weighted by atomic mass is 10.1. The van der Waals surface area contributed by atoms with Gasteiger partial charge in [-0.2, -0.15) is 0 Å². The molecule has 0 bridgehead atoms. The number of ether oxygens (including phenoxy) is 1. The van der Waals surface area contributed by atoms with Crippen molar-refractivity contribution in [2.75, 3.05) is 27.2 Å². The minimum Gasteiger partial charge on any atom is -0.469 e. The molecule has 0 aromatic heterocycles. The highest BCUT2D eigenvalue weighted by Crippen LogP contribution is 2.09. The summed E-state index contributed by atoms with van der Waals surface area (Å²) in [6.45, 7) is 2.92. The highest BCUT2D eigenvalue weighted by Gasteiger charge is 2.07. The van der Waals surface area contributed by atoms with Gasteiger partial charge < -0.3 is 15.0 Å². The maximum atomic E-state index is 12.1. The van der Waals surface area contributed by atoms with Gasteiger partial charge in [0.15, 0.2) is 0 Å². The number of carbonyl (C=O) groups excluding carboxylic acids is 3. The number of hydrogen-bond donors (Lipinski definition) is 1. The van der Waals surface area contributed by atoms with E-state index in [9.17, 15) is 14.4 Å². The Hall–Kier alpha value is -2.63. The number of amides is 2. The number of esters is 1. The number of nitrogens with one attached hydrogen (secondary N) is 1. The maximum Gasteiger partial charge on any atom is 0.307 e. The first-order valence-corrected chi connectivity index (χ1v) is 8.83. The number of nitrogens with zero attached hydrogens (tertiary/aromatic N) is 1. The van der Waals surface area contributed by atoms with E-state index < -0.39 is 0 Å². The molecule has 0 aliphatic rings. The summed E-state index contributed by atoms with van der Waals surface area (Å²) in [6.07, 6.45) is 6.24. The largest absolute Gasteiger partial charge is 0.469 e. The van der Waals surface area contributed by atoms with Crippen LogP contribution in [0.1, 0.15) is 48.5 Å². The van der Waals surface area contributed by atoms with E-state index in [1.807, 2.05) is 31.2 Å². The molecule has 0 saturated heterocycles. The Kier molecular flexibility index (Phi) is 9.75. The summed E-state index contributed by atoms with van der Waals surface area (Å²) in [5.74, 6) is -0.422. The summed E-state index contributed by atoms with van der Waals surface area (Å²) in [6, 6.07) is 7.25. The summed E-state index contributed by atoms with van der Waals surface area (Å²) in [5, 5.41) is 2.69. The Morgan fingerprint density at radius 2 is 2.00 bits per heavy atom. The average molecular weight is 360 g/mol. The summed E-state index contributed by atoms with van der Waals surface area (Å²) >= 11 is 0. The number of unbranched alkanes of at least 4 members (excludes halogenated alkanes) is 1. The first kappa shape index (κ1) is 21.4. The molecule has 0 radical (unpaired) electrons. The quantitative estimate of drug-likeness (QED) is 0.514. The van der Waals surface area contributed by atoms with Gasteiger partial charge in [0.05, 0.1) is 13.5 Å². The summed E-state index contributed by atoms with van der Waals surface area (Å²) in [7, 11) is 3.12. The predicted octanol–water partition coefficient (Wildman–Crippen LogP) is 2.64. The molecule has 2 amide bonds. The fourth-order valence-electron chi connectivity index (χ4n) is 2.22. The first-order chi connectivity index (χ1) is 12.5. The van der Waals surface area contributed by atoms with Crippen LogP contribution in [0.25, 0.3) is 6.08 Å². The third-order valence-corrected chi connectivity index (χ3v) is 3.96. The second-order valence-electron chi connectivity index (χ2n) is 5.91. The van der Waals surface area contributed by atoms with E-state index in [1.54, 1.807) is 24.1 Å². The number of benzene rings is 1. The molecule has 0 unspecified atom stereocenters. The van der Waals surface area contributed by atoms with Gasteiger partial charge in [-0.05, 0) is 37.5 Å². The Bertz CT molecular complexity index is 640. The van der Waals surface area contributed by atoms with Crippen molar-refractivity contribution in [1.29, 1.82) is 0 Å². The SMILES string of the molecule is CCN(C)C(=O)CCC/C=C\c1cccc(C(=O)NCCC(=O)OC)c1. The molecule has 0 heterocycles. The summed E-state index contributed by atoms with van der Waals surface area (Å²) in [4.78, 5) is 36.5. The molecule has 0 fully saturated rings. The molecule has 26 heavy (non-hydrogen) atoms. The minimum absolute atomic E-state index is 0.147. The van der Waals surface area contributed by atoms with Gasteiger partial charge >= 0.3 is 5.97 Å². The molecule has 0 aliphatic heterocycles. The number of carbonyl (C=O) groups is 3. The maximum absolute atomic E-state index is 12.1. The molecule has 6 heteroatoms. The van der Waals surface area contributed by atoms with Crippen molar-refractivity contribution >= 4 is 23.9 Å². The van der Waals surface area contributed by atoms with Gasteiger partial charge in [-0.25, -0.2) is 0 Å². The van der Waals surface area contributed by atoms with Crippen LogP contribution in [0.4, 0.5) is 0 Å². The third-order valence-electron chi connectivity index (χ3n) is 3.96. The molecule has 0 spiro atoms. The Labute approximate surface area is 155 Å². The van der Waals surface area contributed by atoms with Crippen LogP contribution in [-0.2, 0) is 14.3 Å². The second-order valence-corrected chi connectivity index (χ2v) is 5.91. The van der Waals surface area contributed by atoms with Crippen molar-refractivity contribution in [1.82, 2.24) is 10.2 Å². The Morgan fingerprint density at radius 3 is 2.69 bits per heavy atom. The number of methoxy groups -OCH3 is 1. The van der Waals surface area contributed by atoms with E-state index in [0.717, 1.165) is 24.9 Å². The first-order valence-electron chi connectivity index (χ1n) is 8.83. The van der Waals surface area contributed by atoms with Crippen molar-refractivity contribution in [3.63, 3.8) is 0 Å². The van der Waals surface area contributed by atoms with Crippen molar-refractivity contribution in [2.45, 2.75) is 32.6 Å². The van der Waals surface area contributed by atoms with Gasteiger partial charge in [-0.15, -0.1) is 0 Å². The van der Waals surface area contributed by atoms with Gasteiger partial charge in [0.25, 0.3) is 5.91 Å². The van der Waals surface area contributed by atoms with E-state index in [2.05, 4.69) is 10.1 Å². The molecule has 6 nitrogen and oxygen atoms in total. The number of hydrogen-bond acceptors (Lipinski definition) is 4. The lowest BCUT2D eigenvalue weighted by Crippen LogP contribution is -2.26. The fourth-order valence-corrected chi connectivity index (χ4v) is 2.22. The number of allylic oxidation sites excluding steroid dienone is 1. The topological polar surface area (TPSA) is 75.7 Å². The Morgan fingerprint density at radius 1 is 1.23 bits per heavy atom. The van der Waals surface area contributed by atoms with Crippen LogP contribution in [0, 0.1) is 0 Å². The zero-order chi connectivity index (χ0) is 19.4. The predicted molar refractivity (Wildman–Crippen MR) is 102 cm³/mol. The molecule has 0 atom stereocenters. The summed E-state index contributed by atoms with van der Waals surface area (Å²) < 4.78 is 4.53. The molecule has 1 rings (SSSR count). The zero-order valence-electron chi connectivity index (χ0n) is 15.8. The molecule has 0 aliphatic carbocycles. The van der Waals surface area contributed by atoms with Gasteiger partial charge in [-0.1, -0.05) is 24.3 Å². The third kappa shape index (κ3) is 7.96. The van der Waals surface area contributed by atoms with Crippen molar-refractivity contribution in [3.8, 4) is 0 Å². The van der Waals surface area contributed by atoms with Gasteiger partial charge in [0, 0.05) is 32.1 Å². The molecule has 0 saturated carbocycles. The average Bonchev–Trinajstić information content (AvgIpc) is 2.66. The summed E-state index contributed by atoms with van der Waals surface area (Å²) in [5.41, 5.74) is 1.46. The van der Waals surface area contributed by atoms with Crippen molar-refractivity contribution in [2.24, 2.45) is 0 Å². The second kappa shape index (κ2) is 11.8. The van der Waals surface area contributed by atoms with Gasteiger partial charge in [0.2, 0.25) is 5.91 Å². The van der Waals surface area contributed by atoms with E-state index >= 15 is 0 Å². The van der Waals surface area contributed by atoms with Crippen LogP contribution in [0.15, 0.2) is 30.3 Å². The van der Waals surface area contributed by atoms with Crippen LogP contribution >= 0.6 is 0 Å². The van der Waals surface area contributed by atoms with Crippen LogP contribution < -0.4 is 5.32 Å². The van der Waals surface area contributed by atoms with Crippen molar-refractivity contribution < 1.29 is 19.1 Å². The molecule has 1 aromatic carbocycles. The molecular weight excluding hydrogens is 332 g/mol. The standard InChI is InChI=1S/C20H28N2O4/c1-4-22(2)18(23)12-7-5-6-9-16-10-8-11-17(15-16)20(25)21-14-13-19(24)26-3/h6,8-11,15H,4-5,7,12-14H2,1-3H3,(H,21,25)/b9-6-. The lowest BCUT2D eigenvalue weighted by molar-refractivity contribution is -0.140. The van der Waals surface area contributed by atoms with E-state index in [1.165, 1.54) is 7.11 Å². The normalized spacial score (nSPS) is 10.6. The van der Waals surface area contributed by atoms with Crippen LogP contribution in [0.3, 0.4) is 0 Å². The van der Waals surface area contributed by atoms with Gasteiger partial charge in [0.1, 0.15) is 0 Å². The molecule has 142 valence electrons. The fraction of sp³-hybridized carbons (Fsp3) is 0.450. The highest BCUT2D eigenvalue weighted by molar-refractivity contribution is 5.94. The highest BCUT2D eigenvalue weighted by atomic mass is 16.5. The van der Waals surface area contributed by atoms with Crippen LogP contribution in [-0.4, -0.2) is 49.9 Å². The molecule has 1 N–H and O–H groups in total. The zero-order valence-corrected chi connectivity index (χ0v) is 15.8. The lowest BCUT2D eigenvalue weighted by Gasteiger charge is -2.13. The van der Waals surface area contributed by atoms with Crippen LogP contribution in [0.2, 0.25) is 0 Å².